The first kappa shape index (κ1) is 17.9. The Morgan fingerprint density at radius 3 is 1.45 bits per heavy atom. The van der Waals surface area contributed by atoms with Crippen LogP contribution in [0.5, 0.6) is 0 Å². The summed E-state index contributed by atoms with van der Waals surface area (Å²) in [5.74, 6) is -0.476. The zero-order chi connectivity index (χ0) is 15.9. The molecule has 5 heteroatoms. The fraction of sp³-hybridized carbons (Fsp3) is 0.941. The predicted molar refractivity (Wildman–Crippen MR) is 82.6 cm³/mol. The van der Waals surface area contributed by atoms with E-state index in [-0.39, 0.29) is 0 Å². The Labute approximate surface area is 133 Å². The summed E-state index contributed by atoms with van der Waals surface area (Å²) in [5, 5.41) is 0. The third-order valence-electron chi connectivity index (χ3n) is 4.47. The Morgan fingerprint density at radius 2 is 1.09 bits per heavy atom. The molecule has 0 radical (unpaired) electrons. The van der Waals surface area contributed by atoms with Gasteiger partial charge >= 0.3 is 0 Å². The molecular weight excluding hydrogens is 284 g/mol. The molecule has 0 bridgehead atoms. The zero-order valence-corrected chi connectivity index (χ0v) is 14.0. The van der Waals surface area contributed by atoms with E-state index in [0.717, 1.165) is 38.5 Å². The van der Waals surface area contributed by atoms with E-state index in [1.807, 2.05) is 13.8 Å². The van der Waals surface area contributed by atoms with Gasteiger partial charge < -0.3 is 18.9 Å². The van der Waals surface area contributed by atoms with Gasteiger partial charge in [0.2, 0.25) is 0 Å². The van der Waals surface area contributed by atoms with Gasteiger partial charge in [0.05, 0.1) is 26.4 Å². The van der Waals surface area contributed by atoms with Gasteiger partial charge in [-0.1, -0.05) is 0 Å². The molecule has 2 fully saturated rings. The van der Waals surface area contributed by atoms with Gasteiger partial charge in [-0.25, -0.2) is 0 Å². The second kappa shape index (κ2) is 8.39. The average Bonchev–Trinajstić information content (AvgIpc) is 3.10. The minimum Gasteiger partial charge on any atom is -0.348 e. The van der Waals surface area contributed by atoms with Crippen LogP contribution in [0.1, 0.15) is 65.2 Å². The van der Waals surface area contributed by atoms with E-state index in [1.165, 1.54) is 0 Å². The van der Waals surface area contributed by atoms with Gasteiger partial charge in [0.15, 0.2) is 11.6 Å². The van der Waals surface area contributed by atoms with Crippen molar-refractivity contribution in [1.82, 2.24) is 0 Å². The molecular formula is C17H30O5. The number of ether oxygens (including phenoxy) is 4. The summed E-state index contributed by atoms with van der Waals surface area (Å²) in [5.41, 5.74) is 0. The highest BCUT2D eigenvalue weighted by molar-refractivity contribution is 5.78. The monoisotopic (exact) mass is 314 g/mol. The van der Waals surface area contributed by atoms with Crippen molar-refractivity contribution < 1.29 is 23.7 Å². The van der Waals surface area contributed by atoms with E-state index in [4.69, 9.17) is 18.9 Å². The molecule has 0 aromatic heterocycles. The Morgan fingerprint density at radius 1 is 0.727 bits per heavy atom. The number of carbonyl (C=O) groups excluding carboxylic acids is 1. The van der Waals surface area contributed by atoms with Gasteiger partial charge in [0.25, 0.3) is 0 Å². The molecule has 0 aromatic carbocycles. The summed E-state index contributed by atoms with van der Waals surface area (Å²) in [6, 6.07) is 0. The summed E-state index contributed by atoms with van der Waals surface area (Å²) in [4.78, 5) is 11.9. The molecule has 2 aliphatic rings. The van der Waals surface area contributed by atoms with Crippen LogP contribution in [-0.2, 0) is 23.7 Å². The van der Waals surface area contributed by atoms with E-state index in [2.05, 4.69) is 0 Å². The molecule has 0 aliphatic carbocycles. The second-order valence-electron chi connectivity index (χ2n) is 6.61. The molecule has 0 amide bonds. The molecule has 2 saturated heterocycles. The van der Waals surface area contributed by atoms with E-state index < -0.39 is 11.6 Å². The standard InChI is InChI=1S/C17H30O5/c1-16(19-11-12-20-16)9-5-3-7-15(18)8-4-6-10-17(2)21-13-14-22-17/h3-14H2,1-2H3. The van der Waals surface area contributed by atoms with Gasteiger partial charge in [-0.2, -0.15) is 0 Å². The molecule has 0 unspecified atom stereocenters. The Kier molecular flexibility index (Phi) is 6.81. The molecule has 0 N–H and O–H groups in total. The first-order valence-electron chi connectivity index (χ1n) is 8.59. The van der Waals surface area contributed by atoms with Crippen molar-refractivity contribution in [2.45, 2.75) is 76.8 Å². The maximum absolute atomic E-state index is 11.9. The summed E-state index contributed by atoms with van der Waals surface area (Å²) < 4.78 is 22.2. The number of hydrogen-bond donors (Lipinski definition) is 0. The highest BCUT2D eigenvalue weighted by Crippen LogP contribution is 2.26. The normalized spacial score (nSPS) is 23.0. The van der Waals surface area contributed by atoms with Crippen LogP contribution in [0.25, 0.3) is 0 Å². The van der Waals surface area contributed by atoms with Crippen LogP contribution in [0.3, 0.4) is 0 Å². The van der Waals surface area contributed by atoms with Crippen molar-refractivity contribution in [2.75, 3.05) is 26.4 Å². The maximum Gasteiger partial charge on any atom is 0.165 e. The van der Waals surface area contributed by atoms with E-state index in [0.29, 0.717) is 45.1 Å². The molecule has 2 heterocycles. The van der Waals surface area contributed by atoms with Crippen LogP contribution in [0.4, 0.5) is 0 Å². The second-order valence-corrected chi connectivity index (χ2v) is 6.61. The third kappa shape index (κ3) is 5.95. The van der Waals surface area contributed by atoms with Crippen molar-refractivity contribution >= 4 is 5.78 Å². The van der Waals surface area contributed by atoms with Gasteiger partial charge in [-0.05, 0) is 39.5 Å². The first-order chi connectivity index (χ1) is 10.5. The highest BCUT2D eigenvalue weighted by Gasteiger charge is 2.30. The lowest BCUT2D eigenvalue weighted by molar-refractivity contribution is -0.148. The Balaban J connectivity index is 1.46. The molecule has 2 aliphatic heterocycles. The summed E-state index contributed by atoms with van der Waals surface area (Å²) in [7, 11) is 0. The summed E-state index contributed by atoms with van der Waals surface area (Å²) in [6.07, 6.45) is 6.86. The summed E-state index contributed by atoms with van der Waals surface area (Å²) >= 11 is 0. The number of ketones is 1. The fourth-order valence-corrected chi connectivity index (χ4v) is 3.06. The minimum atomic E-state index is -0.417. The van der Waals surface area contributed by atoms with Crippen molar-refractivity contribution in [3.8, 4) is 0 Å². The van der Waals surface area contributed by atoms with Crippen LogP contribution in [0.15, 0.2) is 0 Å². The predicted octanol–water partition coefficient (Wildman–Crippen LogP) is 3.20. The maximum atomic E-state index is 11.9. The number of Topliss-reactive ketones (excluding diaryl/α,β-unsaturated/α-hetero) is 1. The fourth-order valence-electron chi connectivity index (χ4n) is 3.06. The van der Waals surface area contributed by atoms with E-state index in [9.17, 15) is 4.79 Å². The van der Waals surface area contributed by atoms with Crippen LogP contribution >= 0.6 is 0 Å². The quantitative estimate of drug-likeness (QED) is 0.580. The summed E-state index contributed by atoms with van der Waals surface area (Å²) in [6.45, 7) is 6.69. The zero-order valence-electron chi connectivity index (χ0n) is 14.0. The third-order valence-corrected chi connectivity index (χ3v) is 4.47. The average molecular weight is 314 g/mol. The van der Waals surface area contributed by atoms with Crippen molar-refractivity contribution in [1.29, 1.82) is 0 Å². The van der Waals surface area contributed by atoms with Gasteiger partial charge in [0, 0.05) is 25.7 Å². The lowest BCUT2D eigenvalue weighted by Crippen LogP contribution is -2.25. The lowest BCUT2D eigenvalue weighted by Gasteiger charge is -2.22. The molecule has 0 spiro atoms. The van der Waals surface area contributed by atoms with Crippen LogP contribution in [0, 0.1) is 0 Å². The van der Waals surface area contributed by atoms with Crippen molar-refractivity contribution in [3.63, 3.8) is 0 Å². The first-order valence-corrected chi connectivity index (χ1v) is 8.59. The minimum absolute atomic E-state index is 0.358. The molecule has 0 atom stereocenters. The topological polar surface area (TPSA) is 54.0 Å². The molecule has 0 aromatic rings. The number of unbranched alkanes of at least 4 members (excludes halogenated alkanes) is 2. The molecule has 22 heavy (non-hydrogen) atoms. The van der Waals surface area contributed by atoms with Crippen LogP contribution in [0.2, 0.25) is 0 Å². The van der Waals surface area contributed by atoms with Gasteiger partial charge in [-0.3, -0.25) is 4.79 Å². The lowest BCUT2D eigenvalue weighted by atomic mass is 10.0. The van der Waals surface area contributed by atoms with Gasteiger partial charge in [-0.15, -0.1) is 0 Å². The Hall–Kier alpha value is -0.490. The van der Waals surface area contributed by atoms with Gasteiger partial charge in [0.1, 0.15) is 5.78 Å². The van der Waals surface area contributed by atoms with Crippen molar-refractivity contribution in [3.05, 3.63) is 0 Å². The molecule has 5 nitrogen and oxygen atoms in total. The number of rotatable bonds is 10. The molecule has 0 saturated carbocycles. The number of hydrogen-bond acceptors (Lipinski definition) is 5. The van der Waals surface area contributed by atoms with E-state index >= 15 is 0 Å². The SMILES string of the molecule is CC1(CCCCC(=O)CCCCC2(C)OCCO2)OCCO1. The van der Waals surface area contributed by atoms with Crippen LogP contribution < -0.4 is 0 Å². The highest BCUT2D eigenvalue weighted by atomic mass is 16.7. The largest absolute Gasteiger partial charge is 0.348 e. The molecule has 128 valence electrons. The van der Waals surface area contributed by atoms with Crippen molar-refractivity contribution in [2.24, 2.45) is 0 Å². The van der Waals surface area contributed by atoms with E-state index in [1.54, 1.807) is 0 Å². The molecule has 2 rings (SSSR count). The smallest absolute Gasteiger partial charge is 0.165 e. The number of carbonyl (C=O) groups is 1. The van der Waals surface area contributed by atoms with Crippen LogP contribution in [-0.4, -0.2) is 43.8 Å². The Bertz CT molecular complexity index is 311.